The molecule has 0 aromatic rings. The van der Waals surface area contributed by atoms with Gasteiger partial charge in [0.25, 0.3) is 0 Å². The third-order valence-electron chi connectivity index (χ3n) is 2.90. The third kappa shape index (κ3) is 1.93. The maximum absolute atomic E-state index is 5.85. The first-order chi connectivity index (χ1) is 5.85. The van der Waals surface area contributed by atoms with Crippen molar-refractivity contribution >= 4 is 11.6 Å². The topological polar surface area (TPSA) is 21.3 Å². The van der Waals surface area contributed by atoms with Gasteiger partial charge in [0.05, 0.1) is 6.61 Å². The minimum Gasteiger partial charge on any atom is -0.381 e. The summed E-state index contributed by atoms with van der Waals surface area (Å²) in [5.74, 6) is 1.49. The Morgan fingerprint density at radius 2 is 2.33 bits per heavy atom. The van der Waals surface area contributed by atoms with Gasteiger partial charge in [0.1, 0.15) is 0 Å². The molecule has 1 heterocycles. The summed E-state index contributed by atoms with van der Waals surface area (Å²) in [4.78, 5) is 0. The normalized spacial score (nSPS) is 32.2. The molecule has 1 aliphatic carbocycles. The number of halogens is 1. The number of hydrogen-bond acceptors (Lipinski definition) is 2. The first-order valence-electron chi connectivity index (χ1n) is 4.73. The lowest BCUT2D eigenvalue weighted by atomic mass is 10.1. The van der Waals surface area contributed by atoms with Crippen LogP contribution in [0, 0.1) is 5.92 Å². The molecule has 0 spiro atoms. The molecule has 0 bridgehead atoms. The van der Waals surface area contributed by atoms with E-state index in [4.69, 9.17) is 16.3 Å². The molecule has 1 aliphatic heterocycles. The van der Waals surface area contributed by atoms with Crippen LogP contribution in [0.2, 0.25) is 0 Å². The summed E-state index contributed by atoms with van der Waals surface area (Å²) in [7, 11) is 0. The van der Waals surface area contributed by atoms with Crippen LogP contribution in [-0.4, -0.2) is 31.2 Å². The molecule has 12 heavy (non-hydrogen) atoms. The van der Waals surface area contributed by atoms with Gasteiger partial charge in [-0.3, -0.25) is 0 Å². The summed E-state index contributed by atoms with van der Waals surface area (Å²) >= 11 is 5.85. The highest BCUT2D eigenvalue weighted by molar-refractivity contribution is 6.18. The average molecular weight is 190 g/mol. The van der Waals surface area contributed by atoms with Gasteiger partial charge in [0.15, 0.2) is 0 Å². The first-order valence-corrected chi connectivity index (χ1v) is 5.27. The van der Waals surface area contributed by atoms with Gasteiger partial charge in [0.2, 0.25) is 0 Å². The molecular formula is C9H16ClNO. The van der Waals surface area contributed by atoms with Crippen LogP contribution >= 0.6 is 11.6 Å². The molecule has 2 aliphatic rings. The average Bonchev–Trinajstić information content (AvgIpc) is 2.70. The van der Waals surface area contributed by atoms with Gasteiger partial charge in [-0.15, -0.1) is 11.6 Å². The summed E-state index contributed by atoms with van der Waals surface area (Å²) in [5.41, 5.74) is 0.310. The molecule has 1 saturated heterocycles. The van der Waals surface area contributed by atoms with Crippen LogP contribution in [0.3, 0.4) is 0 Å². The number of hydrogen-bond donors (Lipinski definition) is 1. The first kappa shape index (κ1) is 8.79. The van der Waals surface area contributed by atoms with E-state index >= 15 is 0 Å². The van der Waals surface area contributed by atoms with Gasteiger partial charge in [-0.25, -0.2) is 0 Å². The van der Waals surface area contributed by atoms with Gasteiger partial charge in [0, 0.05) is 24.6 Å². The molecular weight excluding hydrogens is 174 g/mol. The fourth-order valence-corrected chi connectivity index (χ4v) is 1.98. The van der Waals surface area contributed by atoms with Gasteiger partial charge in [-0.05, 0) is 25.2 Å². The van der Waals surface area contributed by atoms with Crippen LogP contribution in [0.25, 0.3) is 0 Å². The molecule has 3 heteroatoms. The van der Waals surface area contributed by atoms with Crippen LogP contribution in [0.5, 0.6) is 0 Å². The van der Waals surface area contributed by atoms with E-state index in [-0.39, 0.29) is 0 Å². The van der Waals surface area contributed by atoms with E-state index in [1.54, 1.807) is 0 Å². The highest BCUT2D eigenvalue weighted by atomic mass is 35.5. The SMILES string of the molecule is ClCC1(NCC2CCOC2)CC1. The fraction of sp³-hybridized carbons (Fsp3) is 1.00. The van der Waals surface area contributed by atoms with Crippen LogP contribution in [-0.2, 0) is 4.74 Å². The molecule has 1 atom stereocenters. The molecule has 1 saturated carbocycles. The lowest BCUT2D eigenvalue weighted by Crippen LogP contribution is -2.36. The van der Waals surface area contributed by atoms with Crippen molar-refractivity contribution in [3.8, 4) is 0 Å². The van der Waals surface area contributed by atoms with Crippen molar-refractivity contribution in [2.24, 2.45) is 5.92 Å². The van der Waals surface area contributed by atoms with E-state index in [0.717, 1.165) is 31.6 Å². The van der Waals surface area contributed by atoms with Crippen molar-refractivity contribution in [2.75, 3.05) is 25.6 Å². The smallest absolute Gasteiger partial charge is 0.0507 e. The van der Waals surface area contributed by atoms with E-state index in [0.29, 0.717) is 5.54 Å². The maximum atomic E-state index is 5.85. The molecule has 0 aromatic carbocycles. The Morgan fingerprint density at radius 3 is 2.83 bits per heavy atom. The van der Waals surface area contributed by atoms with Gasteiger partial charge in [-0.1, -0.05) is 0 Å². The predicted octanol–water partition coefficient (Wildman–Crippen LogP) is 1.38. The van der Waals surface area contributed by atoms with Crippen LogP contribution in [0.1, 0.15) is 19.3 Å². The Kier molecular flexibility index (Phi) is 2.58. The summed E-state index contributed by atoms with van der Waals surface area (Å²) in [6.07, 6.45) is 3.72. The molecule has 0 amide bonds. The highest BCUT2D eigenvalue weighted by Crippen LogP contribution is 2.36. The standard InChI is InChI=1S/C9H16ClNO/c10-7-9(2-3-9)11-5-8-1-4-12-6-8/h8,11H,1-7H2. The number of nitrogens with one attached hydrogen (secondary N) is 1. The van der Waals surface area contributed by atoms with Gasteiger partial charge < -0.3 is 10.1 Å². The predicted molar refractivity (Wildman–Crippen MR) is 49.6 cm³/mol. The van der Waals surface area contributed by atoms with E-state index in [9.17, 15) is 0 Å². The fourth-order valence-electron chi connectivity index (χ4n) is 1.61. The van der Waals surface area contributed by atoms with Gasteiger partial charge in [-0.2, -0.15) is 0 Å². The van der Waals surface area contributed by atoms with Crippen molar-refractivity contribution in [1.29, 1.82) is 0 Å². The second kappa shape index (κ2) is 3.52. The van der Waals surface area contributed by atoms with Crippen molar-refractivity contribution in [3.63, 3.8) is 0 Å². The number of alkyl halides is 1. The Bertz CT molecular complexity index is 153. The molecule has 0 aromatic heterocycles. The molecule has 1 N–H and O–H groups in total. The zero-order valence-corrected chi connectivity index (χ0v) is 8.07. The third-order valence-corrected chi connectivity index (χ3v) is 3.41. The summed E-state index contributed by atoms with van der Waals surface area (Å²) < 4.78 is 5.30. The van der Waals surface area contributed by atoms with Gasteiger partial charge >= 0.3 is 0 Å². The highest BCUT2D eigenvalue weighted by Gasteiger charge is 2.41. The second-order valence-corrected chi connectivity index (χ2v) is 4.29. The monoisotopic (exact) mass is 189 g/mol. The summed E-state index contributed by atoms with van der Waals surface area (Å²) in [6.45, 7) is 2.97. The molecule has 70 valence electrons. The van der Waals surface area contributed by atoms with E-state index in [2.05, 4.69) is 5.32 Å². The maximum Gasteiger partial charge on any atom is 0.0507 e. The molecule has 0 radical (unpaired) electrons. The van der Waals surface area contributed by atoms with Crippen LogP contribution < -0.4 is 5.32 Å². The van der Waals surface area contributed by atoms with E-state index < -0.39 is 0 Å². The molecule has 1 unspecified atom stereocenters. The second-order valence-electron chi connectivity index (χ2n) is 4.02. The van der Waals surface area contributed by atoms with Crippen molar-refractivity contribution in [3.05, 3.63) is 0 Å². The Balaban J connectivity index is 1.67. The van der Waals surface area contributed by atoms with Crippen molar-refractivity contribution in [2.45, 2.75) is 24.8 Å². The number of rotatable bonds is 4. The summed E-state index contributed by atoms with van der Waals surface area (Å²) in [5, 5.41) is 3.55. The van der Waals surface area contributed by atoms with Crippen LogP contribution in [0.15, 0.2) is 0 Å². The molecule has 2 rings (SSSR count). The van der Waals surface area contributed by atoms with Crippen molar-refractivity contribution in [1.82, 2.24) is 5.32 Å². The van der Waals surface area contributed by atoms with Crippen LogP contribution in [0.4, 0.5) is 0 Å². The molecule has 2 nitrogen and oxygen atoms in total. The van der Waals surface area contributed by atoms with E-state index in [1.807, 2.05) is 0 Å². The Hall–Kier alpha value is 0.210. The Morgan fingerprint density at radius 1 is 1.50 bits per heavy atom. The molecule has 2 fully saturated rings. The van der Waals surface area contributed by atoms with E-state index in [1.165, 1.54) is 19.3 Å². The summed E-state index contributed by atoms with van der Waals surface area (Å²) in [6, 6.07) is 0. The zero-order valence-electron chi connectivity index (χ0n) is 7.31. The number of ether oxygens (including phenoxy) is 1. The lowest BCUT2D eigenvalue weighted by Gasteiger charge is -2.16. The minimum atomic E-state index is 0.310. The largest absolute Gasteiger partial charge is 0.381 e. The minimum absolute atomic E-state index is 0.310. The zero-order chi connectivity index (χ0) is 8.44. The van der Waals surface area contributed by atoms with Crippen molar-refractivity contribution < 1.29 is 4.74 Å². The lowest BCUT2D eigenvalue weighted by molar-refractivity contribution is 0.184. The Labute approximate surface area is 78.6 Å². The quantitative estimate of drug-likeness (QED) is 0.675.